The quantitative estimate of drug-likeness (QED) is 0.892. The van der Waals surface area contributed by atoms with E-state index in [1.165, 1.54) is 0 Å². The largest absolute Gasteiger partial charge is 0.478 e. The lowest BCUT2D eigenvalue weighted by Crippen LogP contribution is -2.35. The Labute approximate surface area is 117 Å². The number of hydrogen-bond donors (Lipinski definition) is 1. The molecule has 2 atom stereocenters. The van der Waals surface area contributed by atoms with Crippen LogP contribution in [0.3, 0.4) is 0 Å². The predicted octanol–water partition coefficient (Wildman–Crippen LogP) is 1.70. The van der Waals surface area contributed by atoms with E-state index in [-0.39, 0.29) is 23.5 Å². The Morgan fingerprint density at radius 3 is 2.85 bits per heavy atom. The van der Waals surface area contributed by atoms with Crippen molar-refractivity contribution in [2.75, 3.05) is 18.1 Å². The van der Waals surface area contributed by atoms with E-state index in [1.54, 1.807) is 23.1 Å². The van der Waals surface area contributed by atoms with Crippen molar-refractivity contribution in [2.24, 2.45) is 5.92 Å². The van der Waals surface area contributed by atoms with Gasteiger partial charge in [0.15, 0.2) is 0 Å². The van der Waals surface area contributed by atoms with Crippen LogP contribution in [-0.2, 0) is 16.0 Å². The molecule has 106 valence electrons. The van der Waals surface area contributed by atoms with Crippen molar-refractivity contribution in [1.29, 1.82) is 0 Å². The zero-order valence-electron chi connectivity index (χ0n) is 11.3. The molecule has 5 heteroatoms. The minimum Gasteiger partial charge on any atom is -0.478 e. The number of nitrogens with zero attached hydrogens (tertiary/aromatic N) is 1. The van der Waals surface area contributed by atoms with Gasteiger partial charge >= 0.3 is 5.97 Å². The van der Waals surface area contributed by atoms with Crippen molar-refractivity contribution in [3.05, 3.63) is 29.3 Å². The van der Waals surface area contributed by atoms with Gasteiger partial charge in [-0.25, -0.2) is 4.79 Å². The molecule has 1 N–H and O–H groups in total. The number of rotatable bonds is 2. The zero-order chi connectivity index (χ0) is 14.3. The number of aromatic carboxylic acids is 1. The second-order valence-electron chi connectivity index (χ2n) is 5.47. The zero-order valence-corrected chi connectivity index (χ0v) is 11.3. The lowest BCUT2D eigenvalue weighted by atomic mass is 10.0. The summed E-state index contributed by atoms with van der Waals surface area (Å²) in [6, 6.07) is 5.00. The first kappa shape index (κ1) is 13.1. The highest BCUT2D eigenvalue weighted by atomic mass is 16.5. The molecule has 3 rings (SSSR count). The van der Waals surface area contributed by atoms with Crippen molar-refractivity contribution in [3.8, 4) is 0 Å². The normalized spacial score (nSPS) is 24.8. The van der Waals surface area contributed by atoms with E-state index in [9.17, 15) is 9.59 Å². The van der Waals surface area contributed by atoms with Crippen molar-refractivity contribution in [2.45, 2.75) is 25.9 Å². The van der Waals surface area contributed by atoms with E-state index in [0.717, 1.165) is 24.1 Å². The molecule has 2 aliphatic heterocycles. The topological polar surface area (TPSA) is 66.8 Å². The Balaban J connectivity index is 1.86. The molecular formula is C15H17NO4. The standard InChI is InChI=1S/C15H17NO4/c1-9-6-12(8-20-9)14(17)16-5-4-10-2-3-11(15(18)19)7-13(10)16/h2-3,7,9,12H,4-6,8H2,1H3,(H,18,19). The smallest absolute Gasteiger partial charge is 0.335 e. The molecule has 0 radical (unpaired) electrons. The van der Waals surface area contributed by atoms with Crippen molar-refractivity contribution < 1.29 is 19.4 Å². The summed E-state index contributed by atoms with van der Waals surface area (Å²) < 4.78 is 5.45. The van der Waals surface area contributed by atoms with Gasteiger partial charge in [-0.05, 0) is 37.5 Å². The van der Waals surface area contributed by atoms with E-state index in [1.807, 2.05) is 6.92 Å². The van der Waals surface area contributed by atoms with Gasteiger partial charge in [-0.15, -0.1) is 0 Å². The highest BCUT2D eigenvalue weighted by Crippen LogP contribution is 2.32. The molecule has 1 aromatic carbocycles. The molecule has 2 heterocycles. The molecule has 2 aliphatic rings. The second kappa shape index (κ2) is 4.90. The van der Waals surface area contributed by atoms with Crippen LogP contribution in [-0.4, -0.2) is 36.2 Å². The first-order valence-corrected chi connectivity index (χ1v) is 6.85. The fourth-order valence-electron chi connectivity index (χ4n) is 2.95. The maximum atomic E-state index is 12.5. The number of benzene rings is 1. The maximum absolute atomic E-state index is 12.5. The summed E-state index contributed by atoms with van der Waals surface area (Å²) >= 11 is 0. The van der Waals surface area contributed by atoms with Gasteiger partial charge in [0.25, 0.3) is 0 Å². The highest BCUT2D eigenvalue weighted by Gasteiger charge is 2.34. The van der Waals surface area contributed by atoms with Gasteiger partial charge in [0.05, 0.1) is 24.2 Å². The Kier molecular flexibility index (Phi) is 3.22. The van der Waals surface area contributed by atoms with Crippen LogP contribution in [0.2, 0.25) is 0 Å². The number of hydrogen-bond acceptors (Lipinski definition) is 3. The molecule has 0 aromatic heterocycles. The first-order chi connectivity index (χ1) is 9.56. The van der Waals surface area contributed by atoms with E-state index in [0.29, 0.717) is 13.2 Å². The van der Waals surface area contributed by atoms with Gasteiger partial charge in [0, 0.05) is 12.2 Å². The number of fused-ring (bicyclic) bond motifs is 1. The molecule has 0 aliphatic carbocycles. The fourth-order valence-corrected chi connectivity index (χ4v) is 2.95. The molecule has 0 saturated carbocycles. The van der Waals surface area contributed by atoms with Crippen LogP contribution >= 0.6 is 0 Å². The third-order valence-electron chi connectivity index (χ3n) is 4.04. The third kappa shape index (κ3) is 2.18. The predicted molar refractivity (Wildman–Crippen MR) is 73.0 cm³/mol. The van der Waals surface area contributed by atoms with E-state index < -0.39 is 5.97 Å². The number of carbonyl (C=O) groups excluding carboxylic acids is 1. The van der Waals surface area contributed by atoms with Crippen LogP contribution in [0.5, 0.6) is 0 Å². The van der Waals surface area contributed by atoms with E-state index in [2.05, 4.69) is 0 Å². The molecule has 20 heavy (non-hydrogen) atoms. The highest BCUT2D eigenvalue weighted by molar-refractivity contribution is 5.99. The number of carboxylic acid groups (broad SMARTS) is 1. The minimum absolute atomic E-state index is 0.0515. The summed E-state index contributed by atoms with van der Waals surface area (Å²) in [6.07, 6.45) is 1.64. The number of carboxylic acids is 1. The number of carbonyl (C=O) groups is 2. The van der Waals surface area contributed by atoms with Crippen LogP contribution in [0.25, 0.3) is 0 Å². The summed E-state index contributed by atoms with van der Waals surface area (Å²) in [4.78, 5) is 25.3. The minimum atomic E-state index is -0.968. The molecule has 0 spiro atoms. The first-order valence-electron chi connectivity index (χ1n) is 6.85. The fraction of sp³-hybridized carbons (Fsp3) is 0.467. The Morgan fingerprint density at radius 1 is 1.40 bits per heavy atom. The van der Waals surface area contributed by atoms with Gasteiger partial charge < -0.3 is 14.7 Å². The number of anilines is 1. The molecule has 0 bridgehead atoms. The van der Waals surface area contributed by atoms with Crippen LogP contribution < -0.4 is 4.90 Å². The van der Waals surface area contributed by atoms with Crippen molar-refractivity contribution in [1.82, 2.24) is 0 Å². The molecule has 1 amide bonds. The summed E-state index contributed by atoms with van der Waals surface area (Å²) in [7, 11) is 0. The van der Waals surface area contributed by atoms with Gasteiger partial charge in [0.2, 0.25) is 5.91 Å². The van der Waals surface area contributed by atoms with Crippen molar-refractivity contribution in [3.63, 3.8) is 0 Å². The van der Waals surface area contributed by atoms with Gasteiger partial charge in [-0.3, -0.25) is 4.79 Å². The lowest BCUT2D eigenvalue weighted by Gasteiger charge is -2.20. The molecule has 5 nitrogen and oxygen atoms in total. The number of amides is 1. The lowest BCUT2D eigenvalue weighted by molar-refractivity contribution is -0.122. The van der Waals surface area contributed by atoms with Crippen molar-refractivity contribution >= 4 is 17.6 Å². The van der Waals surface area contributed by atoms with Gasteiger partial charge in [-0.2, -0.15) is 0 Å². The summed E-state index contributed by atoms with van der Waals surface area (Å²) in [5.41, 5.74) is 2.00. The molecule has 1 saturated heterocycles. The van der Waals surface area contributed by atoms with Gasteiger partial charge in [0.1, 0.15) is 0 Å². The summed E-state index contributed by atoms with van der Waals surface area (Å²) in [5.74, 6) is -1.02. The Morgan fingerprint density at radius 2 is 2.20 bits per heavy atom. The van der Waals surface area contributed by atoms with Crippen LogP contribution in [0.15, 0.2) is 18.2 Å². The number of ether oxygens (including phenoxy) is 1. The molecule has 2 unspecified atom stereocenters. The molecule has 1 aromatic rings. The summed E-state index contributed by atoms with van der Waals surface area (Å²) in [6.45, 7) is 3.06. The van der Waals surface area contributed by atoms with Crippen LogP contribution in [0.4, 0.5) is 5.69 Å². The Hall–Kier alpha value is -1.88. The van der Waals surface area contributed by atoms with Gasteiger partial charge in [-0.1, -0.05) is 6.07 Å². The average molecular weight is 275 g/mol. The molecule has 1 fully saturated rings. The summed E-state index contributed by atoms with van der Waals surface area (Å²) in [5, 5.41) is 9.06. The monoisotopic (exact) mass is 275 g/mol. The second-order valence-corrected chi connectivity index (χ2v) is 5.47. The maximum Gasteiger partial charge on any atom is 0.335 e. The van der Waals surface area contributed by atoms with E-state index in [4.69, 9.17) is 9.84 Å². The molecular weight excluding hydrogens is 258 g/mol. The average Bonchev–Trinajstić information content (AvgIpc) is 3.03. The third-order valence-corrected chi connectivity index (χ3v) is 4.04. The van der Waals surface area contributed by atoms with Crippen LogP contribution in [0.1, 0.15) is 29.3 Å². The van der Waals surface area contributed by atoms with Crippen LogP contribution in [0, 0.1) is 5.92 Å². The Bertz CT molecular complexity index is 569. The SMILES string of the molecule is CC1CC(C(=O)N2CCc3ccc(C(=O)O)cc32)CO1. The van der Waals surface area contributed by atoms with E-state index >= 15 is 0 Å².